The maximum atomic E-state index is 10.9. The van der Waals surface area contributed by atoms with Gasteiger partial charge in [0.05, 0.1) is 11.6 Å². The molecule has 3 heteroatoms. The van der Waals surface area contributed by atoms with Gasteiger partial charge in [0.15, 0.2) is 0 Å². The molecular formula is C13H15NO2. The topological polar surface area (TPSA) is 49.3 Å². The fourth-order valence-corrected chi connectivity index (χ4v) is 2.94. The SMILES string of the molecule is O=C(O)C1=CC2=C3CCCCC3NC2C=C1. The number of nitrogens with one attached hydrogen (secondary N) is 1. The van der Waals surface area contributed by atoms with E-state index in [2.05, 4.69) is 5.32 Å². The van der Waals surface area contributed by atoms with Crippen molar-refractivity contribution in [2.45, 2.75) is 37.8 Å². The normalized spacial score (nSPS) is 32.1. The Hall–Kier alpha value is -1.35. The molecule has 0 radical (unpaired) electrons. The van der Waals surface area contributed by atoms with Crippen molar-refractivity contribution >= 4 is 5.97 Å². The van der Waals surface area contributed by atoms with E-state index in [1.165, 1.54) is 30.4 Å². The Kier molecular flexibility index (Phi) is 2.21. The molecule has 2 N–H and O–H groups in total. The van der Waals surface area contributed by atoms with Crippen molar-refractivity contribution in [1.82, 2.24) is 5.32 Å². The third-order valence-electron chi connectivity index (χ3n) is 3.72. The quantitative estimate of drug-likeness (QED) is 0.704. The third-order valence-corrected chi connectivity index (χ3v) is 3.72. The van der Waals surface area contributed by atoms with E-state index in [-0.39, 0.29) is 6.04 Å². The Morgan fingerprint density at radius 3 is 3.12 bits per heavy atom. The molecular weight excluding hydrogens is 202 g/mol. The van der Waals surface area contributed by atoms with E-state index in [1.807, 2.05) is 12.2 Å². The number of carbonyl (C=O) groups is 1. The number of hydrogen-bond acceptors (Lipinski definition) is 2. The van der Waals surface area contributed by atoms with Crippen molar-refractivity contribution < 1.29 is 9.90 Å². The van der Waals surface area contributed by atoms with Gasteiger partial charge in [0.25, 0.3) is 0 Å². The van der Waals surface area contributed by atoms with Gasteiger partial charge >= 0.3 is 5.97 Å². The van der Waals surface area contributed by atoms with Crippen LogP contribution >= 0.6 is 0 Å². The summed E-state index contributed by atoms with van der Waals surface area (Å²) in [5.41, 5.74) is 3.07. The Balaban J connectivity index is 2.00. The van der Waals surface area contributed by atoms with Crippen LogP contribution < -0.4 is 5.32 Å². The van der Waals surface area contributed by atoms with Crippen molar-refractivity contribution in [2.75, 3.05) is 0 Å². The Labute approximate surface area is 94.5 Å². The van der Waals surface area contributed by atoms with Gasteiger partial charge in [-0.05, 0) is 42.6 Å². The van der Waals surface area contributed by atoms with Gasteiger partial charge in [0, 0.05) is 6.04 Å². The molecule has 0 amide bonds. The van der Waals surface area contributed by atoms with Crippen molar-refractivity contribution in [3.63, 3.8) is 0 Å². The van der Waals surface area contributed by atoms with Gasteiger partial charge in [-0.25, -0.2) is 4.79 Å². The molecule has 0 bridgehead atoms. The summed E-state index contributed by atoms with van der Waals surface area (Å²) in [7, 11) is 0. The van der Waals surface area contributed by atoms with Crippen LogP contribution in [0.1, 0.15) is 25.7 Å². The lowest BCUT2D eigenvalue weighted by atomic mass is 9.87. The zero-order valence-electron chi connectivity index (χ0n) is 9.07. The van der Waals surface area contributed by atoms with Gasteiger partial charge < -0.3 is 10.4 Å². The molecule has 2 unspecified atom stereocenters. The van der Waals surface area contributed by atoms with E-state index in [1.54, 1.807) is 6.08 Å². The van der Waals surface area contributed by atoms with E-state index in [9.17, 15) is 4.79 Å². The molecule has 1 fully saturated rings. The minimum absolute atomic E-state index is 0.251. The fourth-order valence-electron chi connectivity index (χ4n) is 2.94. The molecule has 3 nitrogen and oxygen atoms in total. The van der Waals surface area contributed by atoms with Crippen LogP contribution in [0, 0.1) is 0 Å². The van der Waals surface area contributed by atoms with Gasteiger partial charge in [-0.2, -0.15) is 0 Å². The summed E-state index contributed by atoms with van der Waals surface area (Å²) in [6.07, 6.45) is 10.4. The highest BCUT2D eigenvalue weighted by molar-refractivity contribution is 5.91. The minimum atomic E-state index is -0.831. The summed E-state index contributed by atoms with van der Waals surface area (Å²) in [6, 6.07) is 0.740. The number of carboxylic acids is 1. The molecule has 3 rings (SSSR count). The average molecular weight is 217 g/mol. The predicted octanol–water partition coefficient (Wildman–Crippen LogP) is 1.78. The molecule has 0 aromatic rings. The van der Waals surface area contributed by atoms with Crippen LogP contribution in [0.5, 0.6) is 0 Å². The van der Waals surface area contributed by atoms with E-state index in [0.717, 1.165) is 6.42 Å². The highest BCUT2D eigenvalue weighted by atomic mass is 16.4. The largest absolute Gasteiger partial charge is 0.478 e. The summed E-state index contributed by atoms with van der Waals surface area (Å²) in [5.74, 6) is -0.831. The zero-order chi connectivity index (χ0) is 11.1. The van der Waals surface area contributed by atoms with Crippen molar-refractivity contribution in [2.24, 2.45) is 0 Å². The number of carboxylic acid groups (broad SMARTS) is 1. The van der Waals surface area contributed by atoms with Gasteiger partial charge in [-0.15, -0.1) is 0 Å². The van der Waals surface area contributed by atoms with Crippen LogP contribution in [0.3, 0.4) is 0 Å². The number of hydrogen-bond donors (Lipinski definition) is 2. The van der Waals surface area contributed by atoms with Crippen molar-refractivity contribution in [3.8, 4) is 0 Å². The van der Waals surface area contributed by atoms with E-state index >= 15 is 0 Å². The van der Waals surface area contributed by atoms with E-state index < -0.39 is 5.97 Å². The lowest BCUT2D eigenvalue weighted by Gasteiger charge is -2.21. The predicted molar refractivity (Wildman–Crippen MR) is 61.1 cm³/mol. The molecule has 16 heavy (non-hydrogen) atoms. The molecule has 1 heterocycles. The summed E-state index contributed by atoms with van der Waals surface area (Å²) in [6.45, 7) is 0. The number of rotatable bonds is 1. The molecule has 0 saturated heterocycles. The summed E-state index contributed by atoms with van der Waals surface area (Å²) in [4.78, 5) is 10.9. The van der Waals surface area contributed by atoms with Gasteiger partial charge in [0.2, 0.25) is 0 Å². The summed E-state index contributed by atoms with van der Waals surface area (Å²) in [5, 5.41) is 12.5. The first-order valence-corrected chi connectivity index (χ1v) is 5.88. The number of fused-ring (bicyclic) bond motifs is 2. The van der Waals surface area contributed by atoms with Crippen LogP contribution in [0.4, 0.5) is 0 Å². The monoisotopic (exact) mass is 217 g/mol. The highest BCUT2D eigenvalue weighted by Gasteiger charge is 2.33. The van der Waals surface area contributed by atoms with Crippen molar-refractivity contribution in [1.29, 1.82) is 0 Å². The lowest BCUT2D eigenvalue weighted by Crippen LogP contribution is -2.33. The maximum absolute atomic E-state index is 10.9. The fraction of sp³-hybridized carbons (Fsp3) is 0.462. The molecule has 2 aliphatic carbocycles. The molecule has 2 atom stereocenters. The van der Waals surface area contributed by atoms with E-state index in [0.29, 0.717) is 11.6 Å². The van der Waals surface area contributed by atoms with Crippen LogP contribution in [0.15, 0.2) is 34.9 Å². The van der Waals surface area contributed by atoms with Gasteiger partial charge in [0.1, 0.15) is 0 Å². The molecule has 1 saturated carbocycles. The smallest absolute Gasteiger partial charge is 0.335 e. The lowest BCUT2D eigenvalue weighted by molar-refractivity contribution is -0.132. The molecule has 0 aromatic heterocycles. The second-order valence-corrected chi connectivity index (χ2v) is 4.69. The Morgan fingerprint density at radius 2 is 2.31 bits per heavy atom. The summed E-state index contributed by atoms with van der Waals surface area (Å²) < 4.78 is 0. The standard InChI is InChI=1S/C13H15NO2/c15-13(16)8-5-6-12-10(7-8)9-3-1-2-4-11(9)14-12/h5-7,11-12,14H,1-4H2,(H,15,16). The Bertz CT molecular complexity index is 431. The molecule has 1 aliphatic heterocycles. The second kappa shape index (κ2) is 3.59. The van der Waals surface area contributed by atoms with Gasteiger partial charge in [-0.1, -0.05) is 12.5 Å². The van der Waals surface area contributed by atoms with Crippen LogP contribution in [-0.2, 0) is 4.79 Å². The maximum Gasteiger partial charge on any atom is 0.335 e. The van der Waals surface area contributed by atoms with E-state index in [4.69, 9.17) is 5.11 Å². The Morgan fingerprint density at radius 1 is 1.44 bits per heavy atom. The van der Waals surface area contributed by atoms with Crippen molar-refractivity contribution in [3.05, 3.63) is 34.9 Å². The van der Waals surface area contributed by atoms with Crippen LogP contribution in [0.2, 0.25) is 0 Å². The first-order chi connectivity index (χ1) is 7.75. The first-order valence-electron chi connectivity index (χ1n) is 5.88. The minimum Gasteiger partial charge on any atom is -0.478 e. The third kappa shape index (κ3) is 1.43. The van der Waals surface area contributed by atoms with Crippen LogP contribution in [0.25, 0.3) is 0 Å². The number of aliphatic carboxylic acids is 1. The zero-order valence-corrected chi connectivity index (χ0v) is 9.07. The molecule has 0 aromatic carbocycles. The summed E-state index contributed by atoms with van der Waals surface area (Å²) >= 11 is 0. The second-order valence-electron chi connectivity index (χ2n) is 4.69. The van der Waals surface area contributed by atoms with Crippen LogP contribution in [-0.4, -0.2) is 23.2 Å². The molecule has 0 spiro atoms. The molecule has 84 valence electrons. The average Bonchev–Trinajstić information content (AvgIpc) is 2.66. The first kappa shape index (κ1) is 9.85. The molecule has 3 aliphatic rings. The van der Waals surface area contributed by atoms with Gasteiger partial charge in [-0.3, -0.25) is 0 Å². The highest BCUT2D eigenvalue weighted by Crippen LogP contribution is 2.36.